The van der Waals surface area contributed by atoms with Crippen LogP contribution in [-0.4, -0.2) is 17.9 Å². The summed E-state index contributed by atoms with van der Waals surface area (Å²) in [7, 11) is 0. The van der Waals surface area contributed by atoms with E-state index in [4.69, 9.17) is 0 Å². The topological polar surface area (TPSA) is 120 Å². The van der Waals surface area contributed by atoms with Crippen LogP contribution in [0.3, 0.4) is 0 Å². The molecule has 0 saturated carbocycles. The molecule has 0 rings (SSSR count). The molecule has 28 heavy (non-hydrogen) atoms. The summed E-state index contributed by atoms with van der Waals surface area (Å²) in [6.07, 6.45) is 12.9. The maximum Gasteiger partial charge on any atom is 3.00 e. The minimum Gasteiger partial charge on any atom is -0.550 e. The molecule has 0 radical (unpaired) electrons. The average molecular weight is 442 g/mol. The van der Waals surface area contributed by atoms with E-state index in [1.807, 2.05) is 0 Å². The van der Waals surface area contributed by atoms with Gasteiger partial charge < -0.3 is 29.7 Å². The Morgan fingerprint density at radius 2 is 0.679 bits per heavy atom. The van der Waals surface area contributed by atoms with Gasteiger partial charge in [-0.3, -0.25) is 0 Å². The van der Waals surface area contributed by atoms with Crippen molar-refractivity contribution in [1.29, 1.82) is 0 Å². The van der Waals surface area contributed by atoms with Gasteiger partial charge in [0.1, 0.15) is 0 Å². The SMILES string of the molecule is CCCCCCC(=O)[O-].CCCCCCC(=O)[O-].CCCCCCC(=O)[O-].[Mn+3]. The quantitative estimate of drug-likeness (QED) is 0.283. The molecule has 0 fully saturated rings. The van der Waals surface area contributed by atoms with Gasteiger partial charge in [-0.05, 0) is 38.5 Å². The van der Waals surface area contributed by atoms with Crippen molar-refractivity contribution >= 4 is 17.9 Å². The minimum absolute atomic E-state index is 0. The number of carbonyl (C=O) groups excluding carboxylic acids is 3. The third-order valence-corrected chi connectivity index (χ3v) is 3.70. The van der Waals surface area contributed by atoms with Gasteiger partial charge in [-0.1, -0.05) is 78.6 Å². The second kappa shape index (κ2) is 30.7. The first-order chi connectivity index (χ1) is 12.8. The monoisotopic (exact) mass is 442 g/mol. The fourth-order valence-corrected chi connectivity index (χ4v) is 2.09. The van der Waals surface area contributed by atoms with E-state index in [1.165, 1.54) is 0 Å². The van der Waals surface area contributed by atoms with E-state index in [2.05, 4.69) is 20.8 Å². The first-order valence-corrected chi connectivity index (χ1v) is 10.4. The molecule has 0 aromatic carbocycles. The fourth-order valence-electron chi connectivity index (χ4n) is 2.09. The molecule has 0 aliphatic heterocycles. The van der Waals surface area contributed by atoms with Crippen molar-refractivity contribution in [2.24, 2.45) is 0 Å². The molecule has 0 aliphatic rings. The van der Waals surface area contributed by atoms with Crippen LogP contribution in [0.15, 0.2) is 0 Å². The molecule has 166 valence electrons. The summed E-state index contributed by atoms with van der Waals surface area (Å²) in [5, 5.41) is 29.6. The van der Waals surface area contributed by atoms with Crippen LogP contribution in [0, 0.1) is 0 Å². The summed E-state index contributed by atoms with van der Waals surface area (Å²) >= 11 is 0. The zero-order chi connectivity index (χ0) is 21.3. The Bertz CT molecular complexity index is 295. The zero-order valence-corrected chi connectivity index (χ0v) is 19.1. The first kappa shape index (κ1) is 34.4. The Labute approximate surface area is 182 Å². The van der Waals surface area contributed by atoms with Crippen molar-refractivity contribution in [2.45, 2.75) is 117 Å². The molecule has 0 heterocycles. The molecule has 0 amide bonds. The van der Waals surface area contributed by atoms with Gasteiger partial charge >= 0.3 is 17.1 Å². The van der Waals surface area contributed by atoms with Crippen LogP contribution in [0.5, 0.6) is 0 Å². The molecule has 6 nitrogen and oxygen atoms in total. The maximum atomic E-state index is 9.85. The predicted octanol–water partition coefficient (Wildman–Crippen LogP) is 2.12. The van der Waals surface area contributed by atoms with Gasteiger partial charge in [-0.2, -0.15) is 0 Å². The first-order valence-electron chi connectivity index (χ1n) is 10.4. The number of hydrogen-bond acceptors (Lipinski definition) is 6. The van der Waals surface area contributed by atoms with Crippen LogP contribution in [-0.2, 0) is 31.5 Å². The van der Waals surface area contributed by atoms with Gasteiger partial charge in [-0.25, -0.2) is 0 Å². The van der Waals surface area contributed by atoms with Crippen LogP contribution < -0.4 is 15.3 Å². The van der Waals surface area contributed by atoms with E-state index in [9.17, 15) is 29.7 Å². The van der Waals surface area contributed by atoms with Gasteiger partial charge in [0, 0.05) is 17.9 Å². The van der Waals surface area contributed by atoms with Crippen molar-refractivity contribution in [2.75, 3.05) is 0 Å². The number of aliphatic carboxylic acids is 3. The normalized spacial score (nSPS) is 9.11. The number of rotatable bonds is 15. The molecule has 0 bridgehead atoms. The standard InChI is InChI=1S/3C7H14O2.Mn/c3*1-2-3-4-5-6-7(8)9;/h3*2-6H2,1H3,(H,8,9);/q;;;+3/p-3. The number of carboxylic acid groups (broad SMARTS) is 3. The Hall–Kier alpha value is -1.07. The van der Waals surface area contributed by atoms with Crippen molar-refractivity contribution in [1.82, 2.24) is 0 Å². The van der Waals surface area contributed by atoms with Crippen LogP contribution in [0.25, 0.3) is 0 Å². The van der Waals surface area contributed by atoms with Crippen LogP contribution in [0.1, 0.15) is 117 Å². The van der Waals surface area contributed by atoms with Crippen molar-refractivity contribution in [3.8, 4) is 0 Å². The van der Waals surface area contributed by atoms with Gasteiger partial charge in [0.05, 0.1) is 0 Å². The molecular weight excluding hydrogens is 403 g/mol. The van der Waals surface area contributed by atoms with Gasteiger partial charge in [-0.15, -0.1) is 0 Å². The summed E-state index contributed by atoms with van der Waals surface area (Å²) in [5.74, 6) is -2.77. The number of unbranched alkanes of at least 4 members (excludes halogenated alkanes) is 9. The molecule has 0 aromatic heterocycles. The van der Waals surface area contributed by atoms with Crippen molar-refractivity contribution in [3.63, 3.8) is 0 Å². The third kappa shape index (κ3) is 49.8. The van der Waals surface area contributed by atoms with E-state index < -0.39 is 17.9 Å². The molecule has 0 spiro atoms. The third-order valence-electron chi connectivity index (χ3n) is 3.70. The Balaban J connectivity index is -0.000000152. The summed E-state index contributed by atoms with van der Waals surface area (Å²) in [6.45, 7) is 6.29. The number of carboxylic acids is 3. The maximum absolute atomic E-state index is 9.85. The van der Waals surface area contributed by atoms with E-state index in [1.54, 1.807) is 0 Å². The fraction of sp³-hybridized carbons (Fsp3) is 0.857. The molecule has 0 unspecified atom stereocenters. The Morgan fingerprint density at radius 3 is 0.821 bits per heavy atom. The van der Waals surface area contributed by atoms with Crippen molar-refractivity contribution in [3.05, 3.63) is 0 Å². The second-order valence-electron chi connectivity index (χ2n) is 6.55. The van der Waals surface area contributed by atoms with E-state index in [0.717, 1.165) is 77.0 Å². The van der Waals surface area contributed by atoms with Gasteiger partial charge in [0.25, 0.3) is 0 Å². The van der Waals surface area contributed by atoms with E-state index in [-0.39, 0.29) is 36.3 Å². The predicted molar refractivity (Wildman–Crippen MR) is 101 cm³/mol. The summed E-state index contributed by atoms with van der Waals surface area (Å²) in [5.41, 5.74) is 0. The molecular formula is C21H39MnO6. The molecule has 0 aromatic rings. The van der Waals surface area contributed by atoms with E-state index in [0.29, 0.717) is 0 Å². The Morgan fingerprint density at radius 1 is 0.464 bits per heavy atom. The molecule has 7 heteroatoms. The van der Waals surface area contributed by atoms with E-state index >= 15 is 0 Å². The van der Waals surface area contributed by atoms with Gasteiger partial charge in [0.2, 0.25) is 0 Å². The van der Waals surface area contributed by atoms with Crippen LogP contribution in [0.4, 0.5) is 0 Å². The molecule has 0 saturated heterocycles. The number of hydrogen-bond donors (Lipinski definition) is 0. The van der Waals surface area contributed by atoms with Crippen LogP contribution in [0.2, 0.25) is 0 Å². The van der Waals surface area contributed by atoms with Crippen LogP contribution >= 0.6 is 0 Å². The summed E-state index contributed by atoms with van der Waals surface area (Å²) < 4.78 is 0. The van der Waals surface area contributed by atoms with Crippen molar-refractivity contribution < 1.29 is 46.8 Å². The molecule has 0 aliphatic carbocycles. The zero-order valence-electron chi connectivity index (χ0n) is 17.9. The average Bonchev–Trinajstić information content (AvgIpc) is 2.60. The smallest absolute Gasteiger partial charge is 0.550 e. The minimum atomic E-state index is -0.925. The molecule has 0 atom stereocenters. The second-order valence-corrected chi connectivity index (χ2v) is 6.55. The summed E-state index contributed by atoms with van der Waals surface area (Å²) in [4.78, 5) is 29.6. The molecule has 0 N–H and O–H groups in total. The summed E-state index contributed by atoms with van der Waals surface area (Å²) in [6, 6.07) is 0. The largest absolute Gasteiger partial charge is 3.00 e. The van der Waals surface area contributed by atoms with Gasteiger partial charge in [0.15, 0.2) is 0 Å². The number of carbonyl (C=O) groups is 3. The Kier molecular flexibility index (Phi) is 37.7.